The molecule has 2 N–H and O–H groups in total. The van der Waals surface area contributed by atoms with Crippen LogP contribution in [-0.2, 0) is 10.0 Å². The third-order valence-corrected chi connectivity index (χ3v) is 6.13. The van der Waals surface area contributed by atoms with Crippen molar-refractivity contribution in [1.29, 1.82) is 0 Å². The van der Waals surface area contributed by atoms with Crippen LogP contribution >= 0.6 is 34.5 Å². The molecule has 0 amide bonds. The molecule has 0 spiro atoms. The zero-order valence-electron chi connectivity index (χ0n) is 12.1. The molecular formula is C13H10Cl2N4O3S2. The predicted octanol–water partition coefficient (Wildman–Crippen LogP) is 3.04. The third-order valence-electron chi connectivity index (χ3n) is 2.99. The van der Waals surface area contributed by atoms with Crippen LogP contribution < -0.4 is 10.3 Å². The number of sulfonamides is 1. The Kier molecular flexibility index (Phi) is 4.43. The fourth-order valence-corrected chi connectivity index (χ4v) is 5.17. The monoisotopic (exact) mass is 404 g/mol. The molecule has 0 saturated heterocycles. The topological polar surface area (TPSA) is 96.8 Å². The first-order valence-corrected chi connectivity index (χ1v) is 9.54. The number of rotatable bonds is 4. The molecule has 0 radical (unpaired) electrons. The van der Waals surface area contributed by atoms with E-state index in [9.17, 15) is 13.2 Å². The minimum atomic E-state index is -3.88. The molecule has 0 fully saturated rings. The van der Waals surface area contributed by atoms with Gasteiger partial charge in [-0.2, -0.15) is 0 Å². The highest BCUT2D eigenvalue weighted by molar-refractivity contribution is 7.93. The van der Waals surface area contributed by atoms with E-state index < -0.39 is 10.0 Å². The number of H-pyrrole nitrogens is 1. The van der Waals surface area contributed by atoms with E-state index in [0.717, 1.165) is 11.3 Å². The molecule has 3 aromatic rings. The second kappa shape index (κ2) is 6.25. The zero-order valence-corrected chi connectivity index (χ0v) is 15.2. The fourth-order valence-electron chi connectivity index (χ4n) is 1.98. The van der Waals surface area contributed by atoms with Crippen LogP contribution in [0.3, 0.4) is 0 Å². The smallest absolute Gasteiger partial charge is 0.272 e. The van der Waals surface area contributed by atoms with Crippen molar-refractivity contribution in [3.05, 3.63) is 55.2 Å². The number of halogens is 2. The molecule has 3 aromatic heterocycles. The molecule has 3 heterocycles. The van der Waals surface area contributed by atoms with Crippen molar-refractivity contribution in [3.8, 4) is 5.82 Å². The maximum atomic E-state index is 12.3. The molecule has 11 heteroatoms. The van der Waals surface area contributed by atoms with Crippen molar-refractivity contribution >= 4 is 50.2 Å². The summed E-state index contributed by atoms with van der Waals surface area (Å²) >= 11 is 12.6. The molecule has 7 nitrogen and oxygen atoms in total. The number of aryl methyl sites for hydroxylation is 1. The quantitative estimate of drug-likeness (QED) is 0.697. The molecule has 0 bridgehead atoms. The van der Waals surface area contributed by atoms with E-state index in [0.29, 0.717) is 11.5 Å². The molecule has 0 aliphatic carbocycles. The molecule has 24 heavy (non-hydrogen) atoms. The molecule has 0 aromatic carbocycles. The zero-order chi connectivity index (χ0) is 17.5. The predicted molar refractivity (Wildman–Crippen MR) is 94.1 cm³/mol. The minimum absolute atomic E-state index is 0.0745. The first kappa shape index (κ1) is 17.0. The summed E-state index contributed by atoms with van der Waals surface area (Å²) in [5.74, 6) is 0.340. The summed E-state index contributed by atoms with van der Waals surface area (Å²) in [5, 5.41) is 2.84. The molecule has 0 aliphatic heterocycles. The van der Waals surface area contributed by atoms with Gasteiger partial charge in [-0.05, 0) is 25.1 Å². The van der Waals surface area contributed by atoms with Crippen LogP contribution in [0.2, 0.25) is 8.67 Å². The number of nitrogens with one attached hydrogen (secondary N) is 2. The first-order valence-electron chi connectivity index (χ1n) is 6.49. The average molecular weight is 405 g/mol. The molecule has 0 atom stereocenters. The number of hydrogen-bond acceptors (Lipinski definition) is 5. The molecule has 3 rings (SSSR count). The van der Waals surface area contributed by atoms with E-state index in [4.69, 9.17) is 23.2 Å². The van der Waals surface area contributed by atoms with Gasteiger partial charge in [0, 0.05) is 11.8 Å². The van der Waals surface area contributed by atoms with Crippen molar-refractivity contribution in [2.75, 3.05) is 4.72 Å². The Bertz CT molecular complexity index is 1050. The molecule has 0 aliphatic rings. The maximum Gasteiger partial charge on any atom is 0.272 e. The van der Waals surface area contributed by atoms with Gasteiger partial charge >= 0.3 is 0 Å². The lowest BCUT2D eigenvalue weighted by Crippen LogP contribution is -2.16. The van der Waals surface area contributed by atoms with E-state index in [-0.39, 0.29) is 24.8 Å². The number of thiophene rings is 1. The Morgan fingerprint density at radius 1 is 1.29 bits per heavy atom. The van der Waals surface area contributed by atoms with Gasteiger partial charge < -0.3 is 0 Å². The second-order valence-corrected chi connectivity index (χ2v) is 8.75. The van der Waals surface area contributed by atoms with Crippen molar-refractivity contribution in [2.24, 2.45) is 0 Å². The number of pyridine rings is 1. The van der Waals surface area contributed by atoms with Crippen molar-refractivity contribution < 1.29 is 8.42 Å². The van der Waals surface area contributed by atoms with Crippen molar-refractivity contribution in [2.45, 2.75) is 11.8 Å². The SMILES string of the molecule is Cc1cc(=O)n(-c2ccc(NS(=O)(=O)c3cc(Cl)sc3Cl)cn2)[nH]1. The molecule has 126 valence electrons. The Labute approximate surface area is 150 Å². The van der Waals surface area contributed by atoms with Gasteiger partial charge in [0.15, 0.2) is 5.82 Å². The summed E-state index contributed by atoms with van der Waals surface area (Å²) < 4.78 is 28.6. The third kappa shape index (κ3) is 3.34. The highest BCUT2D eigenvalue weighted by Crippen LogP contribution is 2.35. The van der Waals surface area contributed by atoms with Crippen LogP contribution in [0, 0.1) is 6.92 Å². The average Bonchev–Trinajstić information content (AvgIpc) is 3.01. The fraction of sp³-hybridized carbons (Fsp3) is 0.0769. The van der Waals surface area contributed by atoms with Crippen molar-refractivity contribution in [3.63, 3.8) is 0 Å². The molecular weight excluding hydrogens is 395 g/mol. The van der Waals surface area contributed by atoms with E-state index >= 15 is 0 Å². The van der Waals surface area contributed by atoms with Crippen molar-refractivity contribution in [1.82, 2.24) is 14.8 Å². The molecule has 0 saturated carbocycles. The summed E-state index contributed by atoms with van der Waals surface area (Å²) in [7, 11) is -3.88. The lowest BCUT2D eigenvalue weighted by atomic mass is 10.4. The van der Waals surface area contributed by atoms with Gasteiger partial charge in [0.05, 0.1) is 16.2 Å². The number of aromatic amines is 1. The standard InChI is InChI=1S/C13H10Cl2N4O3S2/c1-7-4-12(20)19(17-7)11-3-2-8(6-16-11)18-24(21,22)9-5-10(14)23-13(9)15/h2-6,17-18H,1H3. The van der Waals surface area contributed by atoms with Gasteiger partial charge in [-0.25, -0.2) is 18.1 Å². The summed E-state index contributed by atoms with van der Waals surface area (Å²) in [4.78, 5) is 15.7. The number of aromatic nitrogens is 3. The highest BCUT2D eigenvalue weighted by atomic mass is 35.5. The van der Waals surface area contributed by atoms with Crippen LogP contribution in [0.5, 0.6) is 0 Å². The minimum Gasteiger partial charge on any atom is -0.294 e. The maximum absolute atomic E-state index is 12.3. The molecule has 0 unspecified atom stereocenters. The van der Waals surface area contributed by atoms with E-state index in [1.54, 1.807) is 6.92 Å². The Morgan fingerprint density at radius 3 is 2.54 bits per heavy atom. The summed E-state index contributed by atoms with van der Waals surface area (Å²) in [6, 6.07) is 5.71. The number of hydrogen-bond donors (Lipinski definition) is 2. The highest BCUT2D eigenvalue weighted by Gasteiger charge is 2.21. The van der Waals surface area contributed by atoms with Gasteiger partial charge in [-0.15, -0.1) is 11.3 Å². The van der Waals surface area contributed by atoms with E-state index in [2.05, 4.69) is 14.8 Å². The lowest BCUT2D eigenvalue weighted by molar-refractivity contribution is 0.601. The Hall–Kier alpha value is -1.81. The van der Waals surface area contributed by atoms with Crippen LogP contribution in [0.25, 0.3) is 5.82 Å². The summed E-state index contributed by atoms with van der Waals surface area (Å²) in [5.41, 5.74) is 0.664. The van der Waals surface area contributed by atoms with Crippen LogP contribution in [-0.4, -0.2) is 23.2 Å². The number of anilines is 1. The second-order valence-electron chi connectivity index (χ2n) is 4.81. The first-order chi connectivity index (χ1) is 11.3. The van der Waals surface area contributed by atoms with Gasteiger partial charge in [-0.1, -0.05) is 23.2 Å². The Balaban J connectivity index is 1.88. The van der Waals surface area contributed by atoms with Gasteiger partial charge in [-0.3, -0.25) is 14.6 Å². The van der Waals surface area contributed by atoms with Gasteiger partial charge in [0.1, 0.15) is 9.23 Å². The summed E-state index contributed by atoms with van der Waals surface area (Å²) in [6.45, 7) is 1.75. The largest absolute Gasteiger partial charge is 0.294 e. The Morgan fingerprint density at radius 2 is 2.04 bits per heavy atom. The van der Waals surface area contributed by atoms with Crippen LogP contribution in [0.15, 0.2) is 40.2 Å². The lowest BCUT2D eigenvalue weighted by Gasteiger charge is -2.07. The normalized spacial score (nSPS) is 11.6. The van der Waals surface area contributed by atoms with Crippen LogP contribution in [0.4, 0.5) is 5.69 Å². The van der Waals surface area contributed by atoms with E-state index in [1.807, 2.05) is 0 Å². The van der Waals surface area contributed by atoms with Crippen LogP contribution in [0.1, 0.15) is 5.69 Å². The van der Waals surface area contributed by atoms with Gasteiger partial charge in [0.2, 0.25) is 0 Å². The number of nitrogens with zero attached hydrogens (tertiary/aromatic N) is 2. The van der Waals surface area contributed by atoms with Gasteiger partial charge in [0.25, 0.3) is 15.6 Å². The summed E-state index contributed by atoms with van der Waals surface area (Å²) in [6.07, 6.45) is 1.30. The van der Waals surface area contributed by atoms with E-state index in [1.165, 1.54) is 35.1 Å².